The van der Waals surface area contributed by atoms with Crippen LogP contribution in [-0.4, -0.2) is 0 Å². The Morgan fingerprint density at radius 3 is 0.862 bits per heavy atom. The molecule has 0 aliphatic rings. The van der Waals surface area contributed by atoms with Crippen molar-refractivity contribution in [1.29, 1.82) is 0 Å². The fourth-order valence-corrected chi connectivity index (χ4v) is 4.51. The highest BCUT2D eigenvalue weighted by Crippen LogP contribution is 2.15. The molecule has 0 saturated heterocycles. The zero-order valence-electron chi connectivity index (χ0n) is 20.4. The standard InChI is InChI=1S/C28H57P/c1-2-3-4-5-6-7-8-9-10-11-12-13-14-15-16-17-18-19-20-21-22-23-24-25-26-27-28-29/h27-28H,2-26,29H2,1H3/b28-27+. The van der Waals surface area contributed by atoms with Gasteiger partial charge in [0.1, 0.15) is 0 Å². The van der Waals surface area contributed by atoms with E-state index in [-0.39, 0.29) is 0 Å². The summed E-state index contributed by atoms with van der Waals surface area (Å²) in [6.07, 6.45) is 38.8. The fourth-order valence-electron chi connectivity index (χ4n) is 4.32. The van der Waals surface area contributed by atoms with Crippen molar-refractivity contribution in [2.45, 2.75) is 167 Å². The van der Waals surface area contributed by atoms with Crippen molar-refractivity contribution in [3.63, 3.8) is 0 Å². The van der Waals surface area contributed by atoms with Crippen LogP contribution in [0, 0.1) is 0 Å². The predicted molar refractivity (Wildman–Crippen MR) is 140 cm³/mol. The van der Waals surface area contributed by atoms with Crippen LogP contribution in [0.5, 0.6) is 0 Å². The smallest absolute Gasteiger partial charge is 0.0347 e. The molecule has 1 heteroatoms. The van der Waals surface area contributed by atoms with Crippen LogP contribution in [-0.2, 0) is 0 Å². The quantitative estimate of drug-likeness (QED) is 0.101. The molecule has 0 heterocycles. The SMILES string of the molecule is CCCCCCCCCCCCCCCCCCCCCCCCCC/C=C/P. The summed E-state index contributed by atoms with van der Waals surface area (Å²) >= 11 is 0. The molecule has 0 rings (SSSR count). The zero-order chi connectivity index (χ0) is 21.1. The Balaban J connectivity index is 2.98. The number of hydrogen-bond acceptors (Lipinski definition) is 0. The van der Waals surface area contributed by atoms with E-state index in [0.29, 0.717) is 0 Å². The molecule has 0 spiro atoms. The van der Waals surface area contributed by atoms with E-state index in [0.717, 1.165) is 0 Å². The molecule has 174 valence electrons. The van der Waals surface area contributed by atoms with E-state index in [1.165, 1.54) is 161 Å². The maximum Gasteiger partial charge on any atom is -0.0347 e. The summed E-state index contributed by atoms with van der Waals surface area (Å²) in [5.74, 6) is 2.10. The van der Waals surface area contributed by atoms with Crippen LogP contribution >= 0.6 is 9.24 Å². The third-order valence-electron chi connectivity index (χ3n) is 6.36. The normalized spacial score (nSPS) is 11.7. The van der Waals surface area contributed by atoms with Gasteiger partial charge in [0.05, 0.1) is 0 Å². The van der Waals surface area contributed by atoms with Gasteiger partial charge in [-0.25, -0.2) is 0 Å². The Labute approximate surface area is 188 Å². The molecule has 0 aromatic carbocycles. The second-order valence-electron chi connectivity index (χ2n) is 9.35. The first kappa shape index (κ1) is 29.2. The van der Waals surface area contributed by atoms with Gasteiger partial charge in [0.25, 0.3) is 0 Å². The summed E-state index contributed by atoms with van der Waals surface area (Å²) in [6, 6.07) is 0. The lowest BCUT2D eigenvalue weighted by Gasteiger charge is -2.04. The first-order valence-electron chi connectivity index (χ1n) is 13.8. The van der Waals surface area contributed by atoms with Crippen molar-refractivity contribution in [1.82, 2.24) is 0 Å². The number of hydrogen-bond donors (Lipinski definition) is 0. The molecule has 0 aromatic rings. The topological polar surface area (TPSA) is 0 Å². The largest absolute Gasteiger partial charge is 0.114 e. The highest BCUT2D eigenvalue weighted by Gasteiger charge is 1.96. The number of rotatable bonds is 25. The second-order valence-corrected chi connectivity index (χ2v) is 9.73. The maximum atomic E-state index is 2.66. The molecular weight excluding hydrogens is 367 g/mol. The summed E-state index contributed by atoms with van der Waals surface area (Å²) in [7, 11) is 2.66. The molecule has 0 saturated carbocycles. The molecule has 0 bridgehead atoms. The summed E-state index contributed by atoms with van der Waals surface area (Å²) in [5.41, 5.74) is 0. The maximum absolute atomic E-state index is 2.66. The van der Waals surface area contributed by atoms with Gasteiger partial charge in [-0.3, -0.25) is 0 Å². The van der Waals surface area contributed by atoms with E-state index < -0.39 is 0 Å². The van der Waals surface area contributed by atoms with Gasteiger partial charge in [-0.2, -0.15) is 0 Å². The van der Waals surface area contributed by atoms with Gasteiger partial charge in [0.15, 0.2) is 0 Å². The zero-order valence-corrected chi connectivity index (χ0v) is 21.6. The fraction of sp³-hybridized carbons (Fsp3) is 0.929. The molecule has 0 fully saturated rings. The van der Waals surface area contributed by atoms with Crippen LogP contribution in [0.25, 0.3) is 0 Å². The highest BCUT2D eigenvalue weighted by molar-refractivity contribution is 7.20. The van der Waals surface area contributed by atoms with Gasteiger partial charge in [0, 0.05) is 0 Å². The Bertz CT molecular complexity index is 297. The summed E-state index contributed by atoms with van der Waals surface area (Å²) in [4.78, 5) is 0. The average Bonchev–Trinajstić information content (AvgIpc) is 2.74. The van der Waals surface area contributed by atoms with E-state index in [9.17, 15) is 0 Å². The van der Waals surface area contributed by atoms with Crippen LogP contribution < -0.4 is 0 Å². The monoisotopic (exact) mass is 424 g/mol. The number of allylic oxidation sites excluding steroid dienone is 1. The van der Waals surface area contributed by atoms with Crippen molar-refractivity contribution in [2.24, 2.45) is 0 Å². The minimum Gasteiger partial charge on any atom is -0.114 e. The van der Waals surface area contributed by atoms with E-state index in [4.69, 9.17) is 0 Å². The van der Waals surface area contributed by atoms with E-state index >= 15 is 0 Å². The molecule has 0 aliphatic heterocycles. The highest BCUT2D eigenvalue weighted by atomic mass is 31.0. The number of unbranched alkanes of at least 4 members (excludes halogenated alkanes) is 24. The minimum atomic E-state index is 1.27. The van der Waals surface area contributed by atoms with E-state index in [1.807, 2.05) is 0 Å². The van der Waals surface area contributed by atoms with Crippen LogP contribution in [0.4, 0.5) is 0 Å². The van der Waals surface area contributed by atoms with Gasteiger partial charge >= 0.3 is 0 Å². The van der Waals surface area contributed by atoms with Gasteiger partial charge in [-0.15, -0.1) is 9.24 Å². The molecule has 0 aromatic heterocycles. The molecule has 0 N–H and O–H groups in total. The van der Waals surface area contributed by atoms with Crippen LogP contribution in [0.2, 0.25) is 0 Å². The molecule has 1 atom stereocenters. The third kappa shape index (κ3) is 28.2. The van der Waals surface area contributed by atoms with Gasteiger partial charge in [-0.1, -0.05) is 166 Å². The molecule has 0 nitrogen and oxygen atoms in total. The Morgan fingerprint density at radius 2 is 0.621 bits per heavy atom. The van der Waals surface area contributed by atoms with Crippen molar-refractivity contribution in [3.05, 3.63) is 11.9 Å². The van der Waals surface area contributed by atoms with Crippen molar-refractivity contribution in [3.8, 4) is 0 Å². The van der Waals surface area contributed by atoms with Gasteiger partial charge < -0.3 is 0 Å². The van der Waals surface area contributed by atoms with Crippen molar-refractivity contribution >= 4 is 9.24 Å². The minimum absolute atomic E-state index is 1.27. The van der Waals surface area contributed by atoms with Gasteiger partial charge in [0.2, 0.25) is 0 Å². The van der Waals surface area contributed by atoms with Crippen LogP contribution in [0.15, 0.2) is 11.9 Å². The third-order valence-corrected chi connectivity index (χ3v) is 6.63. The Morgan fingerprint density at radius 1 is 0.379 bits per heavy atom. The lowest BCUT2D eigenvalue weighted by atomic mass is 10.0. The molecule has 0 aliphatic carbocycles. The first-order valence-corrected chi connectivity index (χ1v) is 14.4. The molecular formula is C28H57P. The molecule has 29 heavy (non-hydrogen) atoms. The molecule has 0 radical (unpaired) electrons. The second kappa shape index (κ2) is 28.2. The summed E-state index contributed by atoms with van der Waals surface area (Å²) in [5, 5.41) is 0. The van der Waals surface area contributed by atoms with E-state index in [2.05, 4.69) is 28.1 Å². The average molecular weight is 425 g/mol. The van der Waals surface area contributed by atoms with Crippen LogP contribution in [0.1, 0.15) is 167 Å². The summed E-state index contributed by atoms with van der Waals surface area (Å²) < 4.78 is 0. The summed E-state index contributed by atoms with van der Waals surface area (Å²) in [6.45, 7) is 2.30. The predicted octanol–water partition coefficient (Wildman–Crippen LogP) is 11.1. The van der Waals surface area contributed by atoms with Gasteiger partial charge in [-0.05, 0) is 12.8 Å². The van der Waals surface area contributed by atoms with E-state index in [1.54, 1.807) is 0 Å². The first-order chi connectivity index (χ1) is 14.4. The lowest BCUT2D eigenvalue weighted by Crippen LogP contribution is -1.84. The van der Waals surface area contributed by atoms with Crippen molar-refractivity contribution < 1.29 is 0 Å². The van der Waals surface area contributed by atoms with Crippen molar-refractivity contribution in [2.75, 3.05) is 0 Å². The lowest BCUT2D eigenvalue weighted by molar-refractivity contribution is 0.517. The van der Waals surface area contributed by atoms with Crippen LogP contribution in [0.3, 0.4) is 0 Å². The molecule has 0 amide bonds. The Kier molecular flexibility index (Phi) is 28.3. The molecule has 1 unspecified atom stereocenters. The Hall–Kier alpha value is 0.170.